The first-order chi connectivity index (χ1) is 10.3. The van der Waals surface area contributed by atoms with E-state index in [1.165, 1.54) is 31.4 Å². The van der Waals surface area contributed by atoms with E-state index in [0.29, 0.717) is 0 Å². The fourth-order valence-corrected chi connectivity index (χ4v) is 3.09. The minimum absolute atomic E-state index is 1.18. The maximum Gasteiger partial charge on any atom is 0.0208 e. The van der Waals surface area contributed by atoms with Crippen molar-refractivity contribution in [2.45, 2.75) is 0 Å². The maximum absolute atomic E-state index is 3.83. The highest BCUT2D eigenvalue weighted by atomic mass is 127. The molecule has 21 heavy (non-hydrogen) atoms. The second-order valence-electron chi connectivity index (χ2n) is 4.88. The standard InChI is InChI=1S/C20H15I/c1-2-15-8-13-19(14-20(15)21)18-11-9-17(10-12-18)16-6-4-3-5-7-16/h2-14H,1H2. The average molecular weight is 382 g/mol. The number of halogens is 1. The van der Waals surface area contributed by atoms with E-state index in [1.807, 2.05) is 12.1 Å². The molecule has 3 aromatic rings. The van der Waals surface area contributed by atoms with Crippen molar-refractivity contribution in [3.05, 3.63) is 88.5 Å². The lowest BCUT2D eigenvalue weighted by atomic mass is 10.00. The summed E-state index contributed by atoms with van der Waals surface area (Å²) in [6.45, 7) is 3.83. The van der Waals surface area contributed by atoms with Crippen LogP contribution in [0.5, 0.6) is 0 Å². The van der Waals surface area contributed by atoms with Crippen molar-refractivity contribution < 1.29 is 0 Å². The summed E-state index contributed by atoms with van der Waals surface area (Å²) >= 11 is 2.36. The molecule has 0 nitrogen and oxygen atoms in total. The van der Waals surface area contributed by atoms with Gasteiger partial charge in [-0.3, -0.25) is 0 Å². The van der Waals surface area contributed by atoms with E-state index in [0.717, 1.165) is 0 Å². The molecule has 0 spiro atoms. The topological polar surface area (TPSA) is 0 Å². The maximum atomic E-state index is 3.83. The van der Waals surface area contributed by atoms with Gasteiger partial charge in [-0.1, -0.05) is 79.4 Å². The Hall–Kier alpha value is -1.87. The number of hydrogen-bond donors (Lipinski definition) is 0. The molecule has 0 N–H and O–H groups in total. The molecule has 0 aliphatic heterocycles. The van der Waals surface area contributed by atoms with Gasteiger partial charge in [-0.15, -0.1) is 0 Å². The molecule has 3 rings (SSSR count). The molecule has 0 unspecified atom stereocenters. The van der Waals surface area contributed by atoms with Crippen LogP contribution in [0.1, 0.15) is 5.56 Å². The van der Waals surface area contributed by atoms with Crippen LogP contribution < -0.4 is 0 Å². The van der Waals surface area contributed by atoms with Gasteiger partial charge in [0, 0.05) is 3.57 Å². The first-order valence-corrected chi connectivity index (χ1v) is 7.93. The molecular weight excluding hydrogens is 367 g/mol. The van der Waals surface area contributed by atoms with Crippen LogP contribution in [0.25, 0.3) is 28.3 Å². The molecule has 0 atom stereocenters. The third-order valence-electron chi connectivity index (χ3n) is 3.55. The fourth-order valence-electron chi connectivity index (χ4n) is 2.36. The Morgan fingerprint density at radius 1 is 0.667 bits per heavy atom. The van der Waals surface area contributed by atoms with Crippen LogP contribution in [-0.4, -0.2) is 0 Å². The molecule has 3 aromatic carbocycles. The van der Waals surface area contributed by atoms with E-state index >= 15 is 0 Å². The van der Waals surface area contributed by atoms with E-state index < -0.39 is 0 Å². The minimum atomic E-state index is 1.18. The summed E-state index contributed by atoms with van der Waals surface area (Å²) in [4.78, 5) is 0. The highest BCUT2D eigenvalue weighted by Gasteiger charge is 2.02. The Bertz CT molecular complexity index is 756. The fraction of sp³-hybridized carbons (Fsp3) is 0. The van der Waals surface area contributed by atoms with Gasteiger partial charge in [0.05, 0.1) is 0 Å². The Kier molecular flexibility index (Phi) is 4.20. The van der Waals surface area contributed by atoms with Crippen molar-refractivity contribution in [3.8, 4) is 22.3 Å². The van der Waals surface area contributed by atoms with Crippen LogP contribution in [0, 0.1) is 3.57 Å². The van der Waals surface area contributed by atoms with Gasteiger partial charge in [-0.05, 0) is 56.5 Å². The highest BCUT2D eigenvalue weighted by Crippen LogP contribution is 2.27. The van der Waals surface area contributed by atoms with Gasteiger partial charge in [-0.25, -0.2) is 0 Å². The molecule has 0 aliphatic carbocycles. The zero-order chi connectivity index (χ0) is 14.7. The zero-order valence-corrected chi connectivity index (χ0v) is 13.7. The van der Waals surface area contributed by atoms with Crippen molar-refractivity contribution in [3.63, 3.8) is 0 Å². The van der Waals surface area contributed by atoms with Crippen LogP contribution in [0.15, 0.2) is 79.4 Å². The number of benzene rings is 3. The van der Waals surface area contributed by atoms with Gasteiger partial charge in [-0.2, -0.15) is 0 Å². The molecule has 1 heteroatoms. The normalized spacial score (nSPS) is 10.3. The third kappa shape index (κ3) is 3.08. The van der Waals surface area contributed by atoms with E-state index in [4.69, 9.17) is 0 Å². The summed E-state index contributed by atoms with van der Waals surface area (Å²) in [6, 6.07) is 25.6. The summed E-state index contributed by atoms with van der Waals surface area (Å²) in [5.74, 6) is 0. The second-order valence-corrected chi connectivity index (χ2v) is 6.05. The van der Waals surface area contributed by atoms with E-state index in [1.54, 1.807) is 0 Å². The van der Waals surface area contributed by atoms with Crippen molar-refractivity contribution in [2.24, 2.45) is 0 Å². The van der Waals surface area contributed by atoms with Crippen LogP contribution in [0.4, 0.5) is 0 Å². The van der Waals surface area contributed by atoms with Crippen LogP contribution in [-0.2, 0) is 0 Å². The molecule has 0 bridgehead atoms. The van der Waals surface area contributed by atoms with Crippen LogP contribution >= 0.6 is 22.6 Å². The van der Waals surface area contributed by atoms with E-state index in [2.05, 4.69) is 95.9 Å². The average Bonchev–Trinajstić information content (AvgIpc) is 2.56. The minimum Gasteiger partial charge on any atom is -0.0984 e. The Labute approximate surface area is 139 Å². The number of hydrogen-bond acceptors (Lipinski definition) is 0. The van der Waals surface area contributed by atoms with Crippen molar-refractivity contribution in [2.75, 3.05) is 0 Å². The van der Waals surface area contributed by atoms with Gasteiger partial charge in [0.2, 0.25) is 0 Å². The van der Waals surface area contributed by atoms with Crippen LogP contribution in [0.3, 0.4) is 0 Å². The van der Waals surface area contributed by atoms with Crippen molar-refractivity contribution >= 4 is 28.7 Å². The number of rotatable bonds is 3. The van der Waals surface area contributed by atoms with Gasteiger partial charge in [0.25, 0.3) is 0 Å². The highest BCUT2D eigenvalue weighted by molar-refractivity contribution is 14.1. The zero-order valence-electron chi connectivity index (χ0n) is 11.6. The summed E-state index contributed by atoms with van der Waals surface area (Å²) in [7, 11) is 0. The summed E-state index contributed by atoms with van der Waals surface area (Å²) in [6.07, 6.45) is 1.89. The molecule has 102 valence electrons. The van der Waals surface area contributed by atoms with Crippen molar-refractivity contribution in [1.82, 2.24) is 0 Å². The lowest BCUT2D eigenvalue weighted by Gasteiger charge is -2.07. The summed E-state index contributed by atoms with van der Waals surface area (Å²) < 4.78 is 1.23. The molecule has 0 aromatic heterocycles. The second kappa shape index (κ2) is 6.27. The predicted octanol–water partition coefficient (Wildman–Crippen LogP) is 6.27. The molecule has 0 heterocycles. The van der Waals surface area contributed by atoms with Gasteiger partial charge in [0.15, 0.2) is 0 Å². The first kappa shape index (κ1) is 14.1. The summed E-state index contributed by atoms with van der Waals surface area (Å²) in [5.41, 5.74) is 6.16. The lowest BCUT2D eigenvalue weighted by molar-refractivity contribution is 1.55. The quantitative estimate of drug-likeness (QED) is 0.469. The monoisotopic (exact) mass is 382 g/mol. The lowest BCUT2D eigenvalue weighted by Crippen LogP contribution is -1.84. The van der Waals surface area contributed by atoms with Crippen LogP contribution in [0.2, 0.25) is 0 Å². The Morgan fingerprint density at radius 2 is 1.19 bits per heavy atom. The molecule has 0 saturated heterocycles. The van der Waals surface area contributed by atoms with Gasteiger partial charge >= 0.3 is 0 Å². The molecule has 0 aliphatic rings. The molecule has 0 saturated carbocycles. The third-order valence-corrected chi connectivity index (χ3v) is 4.48. The van der Waals surface area contributed by atoms with E-state index in [-0.39, 0.29) is 0 Å². The van der Waals surface area contributed by atoms with Crippen molar-refractivity contribution in [1.29, 1.82) is 0 Å². The van der Waals surface area contributed by atoms with Gasteiger partial charge < -0.3 is 0 Å². The van der Waals surface area contributed by atoms with Gasteiger partial charge in [0.1, 0.15) is 0 Å². The molecule has 0 radical (unpaired) electrons. The Balaban J connectivity index is 1.94. The summed E-state index contributed by atoms with van der Waals surface area (Å²) in [5, 5.41) is 0. The first-order valence-electron chi connectivity index (χ1n) is 6.86. The largest absolute Gasteiger partial charge is 0.0984 e. The predicted molar refractivity (Wildman–Crippen MR) is 100 cm³/mol. The molecular formula is C20H15I. The smallest absolute Gasteiger partial charge is 0.0208 e. The molecule has 0 fully saturated rings. The van der Waals surface area contributed by atoms with E-state index in [9.17, 15) is 0 Å². The molecule has 0 amide bonds. The Morgan fingerprint density at radius 3 is 1.76 bits per heavy atom. The SMILES string of the molecule is C=Cc1ccc(-c2ccc(-c3ccccc3)cc2)cc1I.